The molecule has 0 fully saturated rings. The van der Waals surface area contributed by atoms with Crippen molar-refractivity contribution < 1.29 is 32.6 Å². The van der Waals surface area contributed by atoms with E-state index in [1.54, 1.807) is 0 Å². The van der Waals surface area contributed by atoms with Crippen molar-refractivity contribution in [3.8, 4) is 17.2 Å². The lowest BCUT2D eigenvalue weighted by molar-refractivity contribution is -0.115. The highest BCUT2D eigenvalue weighted by Crippen LogP contribution is 2.39. The predicted molar refractivity (Wildman–Crippen MR) is 93.4 cm³/mol. The van der Waals surface area contributed by atoms with Gasteiger partial charge >= 0.3 is 0 Å². The van der Waals surface area contributed by atoms with Crippen molar-refractivity contribution in [1.82, 2.24) is 5.32 Å². The molecule has 0 radical (unpaired) electrons. The van der Waals surface area contributed by atoms with Crippen LogP contribution in [0.4, 0.5) is 14.5 Å². The smallest absolute Gasteiger partial charge is 0.251 e. The van der Waals surface area contributed by atoms with Gasteiger partial charge in [0.25, 0.3) is 5.91 Å². The van der Waals surface area contributed by atoms with Gasteiger partial charge in [-0.05, 0) is 18.2 Å². The fourth-order valence-corrected chi connectivity index (χ4v) is 2.26. The zero-order chi connectivity index (χ0) is 20.0. The van der Waals surface area contributed by atoms with Crippen molar-refractivity contribution in [1.29, 1.82) is 0 Å². The van der Waals surface area contributed by atoms with E-state index in [9.17, 15) is 18.4 Å². The Morgan fingerprint density at radius 2 is 1.56 bits per heavy atom. The molecule has 27 heavy (non-hydrogen) atoms. The second-order valence-electron chi connectivity index (χ2n) is 5.27. The van der Waals surface area contributed by atoms with E-state index in [4.69, 9.17) is 14.2 Å². The first-order valence-corrected chi connectivity index (χ1v) is 7.72. The lowest BCUT2D eigenvalue weighted by Crippen LogP contribution is -2.32. The highest BCUT2D eigenvalue weighted by Gasteiger charge is 2.15. The van der Waals surface area contributed by atoms with Crippen molar-refractivity contribution in [3.05, 3.63) is 47.5 Å². The van der Waals surface area contributed by atoms with Gasteiger partial charge in [0.2, 0.25) is 11.7 Å². The van der Waals surface area contributed by atoms with Crippen LogP contribution in [-0.4, -0.2) is 39.7 Å². The molecule has 0 saturated heterocycles. The molecule has 0 unspecified atom stereocenters. The van der Waals surface area contributed by atoms with Gasteiger partial charge in [-0.15, -0.1) is 0 Å². The Morgan fingerprint density at radius 1 is 0.926 bits per heavy atom. The molecule has 2 aromatic carbocycles. The number of methoxy groups -OCH3 is 3. The molecule has 2 rings (SSSR count). The summed E-state index contributed by atoms with van der Waals surface area (Å²) in [6.45, 7) is -0.380. The number of ether oxygens (including phenoxy) is 3. The summed E-state index contributed by atoms with van der Waals surface area (Å²) >= 11 is 0. The maximum atomic E-state index is 13.2. The Kier molecular flexibility index (Phi) is 6.53. The van der Waals surface area contributed by atoms with Crippen LogP contribution in [0.25, 0.3) is 0 Å². The number of halogens is 2. The molecule has 0 heterocycles. The van der Waals surface area contributed by atoms with E-state index < -0.39 is 23.4 Å². The van der Waals surface area contributed by atoms with E-state index in [1.165, 1.54) is 33.5 Å². The van der Waals surface area contributed by atoms with Gasteiger partial charge in [0.15, 0.2) is 23.1 Å². The number of amides is 2. The number of hydrogen-bond donors (Lipinski definition) is 2. The average molecular weight is 380 g/mol. The molecule has 0 saturated carbocycles. The summed E-state index contributed by atoms with van der Waals surface area (Å²) in [4.78, 5) is 24.0. The van der Waals surface area contributed by atoms with Gasteiger partial charge in [0.1, 0.15) is 0 Å². The minimum atomic E-state index is -1.15. The van der Waals surface area contributed by atoms with Gasteiger partial charge in [0.05, 0.1) is 27.9 Å². The van der Waals surface area contributed by atoms with E-state index >= 15 is 0 Å². The first kappa shape index (κ1) is 20.0. The molecule has 0 bridgehead atoms. The maximum Gasteiger partial charge on any atom is 0.251 e. The zero-order valence-electron chi connectivity index (χ0n) is 14.9. The Morgan fingerprint density at radius 3 is 2.07 bits per heavy atom. The molecular formula is C18H18F2N2O5. The molecule has 2 amide bonds. The number of carbonyl (C=O) groups is 2. The average Bonchev–Trinajstić information content (AvgIpc) is 2.67. The van der Waals surface area contributed by atoms with Crippen molar-refractivity contribution in [2.45, 2.75) is 0 Å². The predicted octanol–water partition coefficient (Wildman–Crippen LogP) is 2.36. The molecule has 0 aliphatic carbocycles. The molecule has 2 N–H and O–H groups in total. The SMILES string of the molecule is COc1cc(NC(=O)CNC(=O)c2ccc(F)c(F)c2)cc(OC)c1OC. The third-order valence-corrected chi connectivity index (χ3v) is 3.54. The highest BCUT2D eigenvalue weighted by molar-refractivity contribution is 5.99. The number of benzene rings is 2. The number of anilines is 1. The Bertz CT molecular complexity index is 833. The van der Waals surface area contributed by atoms with Crippen LogP contribution in [-0.2, 0) is 4.79 Å². The third kappa shape index (κ3) is 4.84. The second-order valence-corrected chi connectivity index (χ2v) is 5.27. The van der Waals surface area contributed by atoms with Crippen LogP contribution < -0.4 is 24.8 Å². The van der Waals surface area contributed by atoms with Gasteiger partial charge in [-0.2, -0.15) is 0 Å². The topological polar surface area (TPSA) is 85.9 Å². The third-order valence-electron chi connectivity index (χ3n) is 3.54. The van der Waals surface area contributed by atoms with Crippen molar-refractivity contribution >= 4 is 17.5 Å². The molecule has 9 heteroatoms. The summed E-state index contributed by atoms with van der Waals surface area (Å²) in [5.41, 5.74) is 0.256. The lowest BCUT2D eigenvalue weighted by Gasteiger charge is -2.14. The Labute approximate surface area is 154 Å². The summed E-state index contributed by atoms with van der Waals surface area (Å²) in [7, 11) is 4.32. The normalized spacial score (nSPS) is 10.1. The molecule has 0 aliphatic heterocycles. The molecule has 0 atom stereocenters. The summed E-state index contributed by atoms with van der Waals surface area (Å²) in [5.74, 6) is -2.41. The van der Waals surface area contributed by atoms with Gasteiger partial charge in [-0.3, -0.25) is 9.59 Å². The quantitative estimate of drug-likeness (QED) is 0.770. The zero-order valence-corrected chi connectivity index (χ0v) is 14.9. The standard InChI is InChI=1S/C18H18F2N2O5/c1-25-14-7-11(8-15(26-2)17(14)27-3)22-16(23)9-21-18(24)10-4-5-12(19)13(20)6-10/h4-8H,9H2,1-3H3,(H,21,24)(H,22,23). The Hall–Kier alpha value is -3.36. The van der Waals surface area contributed by atoms with Gasteiger partial charge in [0, 0.05) is 23.4 Å². The van der Waals surface area contributed by atoms with Crippen molar-refractivity contribution in [3.63, 3.8) is 0 Å². The molecular weight excluding hydrogens is 362 g/mol. The van der Waals surface area contributed by atoms with Crippen LogP contribution in [0.15, 0.2) is 30.3 Å². The Balaban J connectivity index is 2.03. The minimum absolute atomic E-state index is 0.102. The molecule has 0 spiro atoms. The van der Waals surface area contributed by atoms with Crippen LogP contribution in [0.5, 0.6) is 17.2 Å². The van der Waals surface area contributed by atoms with E-state index in [0.717, 1.165) is 18.2 Å². The number of rotatable bonds is 7. The van der Waals surface area contributed by atoms with E-state index in [-0.39, 0.29) is 12.1 Å². The summed E-state index contributed by atoms with van der Waals surface area (Å²) in [6.07, 6.45) is 0. The van der Waals surface area contributed by atoms with E-state index in [0.29, 0.717) is 22.9 Å². The summed E-state index contributed by atoms with van der Waals surface area (Å²) < 4.78 is 41.6. The first-order chi connectivity index (χ1) is 12.9. The van der Waals surface area contributed by atoms with Crippen LogP contribution >= 0.6 is 0 Å². The van der Waals surface area contributed by atoms with Crippen molar-refractivity contribution in [2.24, 2.45) is 0 Å². The molecule has 2 aromatic rings. The maximum absolute atomic E-state index is 13.2. The van der Waals surface area contributed by atoms with E-state index in [1.807, 2.05) is 0 Å². The van der Waals surface area contributed by atoms with Crippen molar-refractivity contribution in [2.75, 3.05) is 33.2 Å². The van der Waals surface area contributed by atoms with Crippen LogP contribution in [0.1, 0.15) is 10.4 Å². The lowest BCUT2D eigenvalue weighted by atomic mass is 10.2. The largest absolute Gasteiger partial charge is 0.493 e. The number of hydrogen-bond acceptors (Lipinski definition) is 5. The molecule has 0 aromatic heterocycles. The minimum Gasteiger partial charge on any atom is -0.493 e. The monoisotopic (exact) mass is 380 g/mol. The van der Waals surface area contributed by atoms with Gasteiger partial charge < -0.3 is 24.8 Å². The van der Waals surface area contributed by atoms with Crippen LogP contribution in [0, 0.1) is 11.6 Å². The van der Waals surface area contributed by atoms with Crippen LogP contribution in [0.2, 0.25) is 0 Å². The van der Waals surface area contributed by atoms with Gasteiger partial charge in [-0.1, -0.05) is 0 Å². The summed E-state index contributed by atoms with van der Waals surface area (Å²) in [6, 6.07) is 5.75. The van der Waals surface area contributed by atoms with Crippen LogP contribution in [0.3, 0.4) is 0 Å². The molecule has 0 aliphatic rings. The fourth-order valence-electron chi connectivity index (χ4n) is 2.26. The number of nitrogens with one attached hydrogen (secondary N) is 2. The first-order valence-electron chi connectivity index (χ1n) is 7.72. The second kappa shape index (κ2) is 8.84. The number of carbonyl (C=O) groups excluding carboxylic acids is 2. The fraction of sp³-hybridized carbons (Fsp3) is 0.222. The van der Waals surface area contributed by atoms with Gasteiger partial charge in [-0.25, -0.2) is 8.78 Å². The molecule has 7 nitrogen and oxygen atoms in total. The highest BCUT2D eigenvalue weighted by atomic mass is 19.2. The van der Waals surface area contributed by atoms with E-state index in [2.05, 4.69) is 10.6 Å². The summed E-state index contributed by atoms with van der Waals surface area (Å²) in [5, 5.41) is 4.88. The molecule has 144 valence electrons.